The van der Waals surface area contributed by atoms with Crippen LogP contribution in [0.25, 0.3) is 0 Å². The van der Waals surface area contributed by atoms with E-state index < -0.39 is 16.0 Å². The fourth-order valence-corrected chi connectivity index (χ4v) is 6.30. The molecule has 3 fully saturated rings. The molecule has 0 radical (unpaired) electrons. The lowest BCUT2D eigenvalue weighted by Gasteiger charge is -2.38. The van der Waals surface area contributed by atoms with Gasteiger partial charge in [0.05, 0.1) is 13.2 Å². The zero-order chi connectivity index (χ0) is 19.4. The first-order valence-corrected chi connectivity index (χ1v) is 11.0. The Morgan fingerprint density at radius 2 is 1.93 bits per heavy atom. The van der Waals surface area contributed by atoms with Crippen molar-refractivity contribution in [1.29, 1.82) is 0 Å². The second-order valence-electron chi connectivity index (χ2n) is 8.64. The predicted octanol–water partition coefficient (Wildman–Crippen LogP) is 2.67. The fourth-order valence-electron chi connectivity index (χ4n) is 4.98. The molecule has 1 aliphatic heterocycles. The number of morpholine rings is 1. The summed E-state index contributed by atoms with van der Waals surface area (Å²) in [6, 6.07) is 2.71. The molecule has 1 aromatic rings. The van der Waals surface area contributed by atoms with E-state index in [4.69, 9.17) is 13.9 Å². The van der Waals surface area contributed by atoms with Gasteiger partial charge < -0.3 is 13.9 Å². The number of hydrogen-bond donors (Lipinski definition) is 0. The second-order valence-corrected chi connectivity index (χ2v) is 10.5. The van der Waals surface area contributed by atoms with Crippen molar-refractivity contribution in [2.24, 2.45) is 16.7 Å². The summed E-state index contributed by atoms with van der Waals surface area (Å²) in [4.78, 5) is 12.6. The first kappa shape index (κ1) is 19.0. The number of carbonyl (C=O) groups is 1. The van der Waals surface area contributed by atoms with Gasteiger partial charge >= 0.3 is 5.97 Å². The summed E-state index contributed by atoms with van der Waals surface area (Å²) in [5.74, 6) is -0.104. The third kappa shape index (κ3) is 2.84. The van der Waals surface area contributed by atoms with Gasteiger partial charge in [0.15, 0.2) is 0 Å². The minimum atomic E-state index is -3.76. The summed E-state index contributed by atoms with van der Waals surface area (Å²) < 4.78 is 42.9. The van der Waals surface area contributed by atoms with E-state index in [1.165, 1.54) is 22.9 Å². The summed E-state index contributed by atoms with van der Waals surface area (Å²) in [6.07, 6.45) is 2.90. The lowest BCUT2D eigenvalue weighted by molar-refractivity contribution is -0.0268. The molecule has 3 aliphatic rings. The number of rotatable bonds is 4. The van der Waals surface area contributed by atoms with E-state index in [9.17, 15) is 13.2 Å². The SMILES string of the molecule is CC1(C)[C@H]2CC[C@@]1(C)[C@@H](OC(=O)c1ccc(S(=O)(=O)N3CCOCC3)o1)C2. The van der Waals surface area contributed by atoms with Crippen molar-refractivity contribution in [2.45, 2.75) is 51.2 Å². The lowest BCUT2D eigenvalue weighted by Crippen LogP contribution is -2.40. The maximum absolute atomic E-state index is 12.6. The number of fused-ring (bicyclic) bond motifs is 2. The van der Waals surface area contributed by atoms with E-state index in [1.807, 2.05) is 0 Å². The maximum atomic E-state index is 12.6. The molecule has 0 unspecified atom stereocenters. The van der Waals surface area contributed by atoms with Crippen molar-refractivity contribution in [3.05, 3.63) is 17.9 Å². The molecule has 0 spiro atoms. The average Bonchev–Trinajstić information content (AvgIpc) is 3.27. The van der Waals surface area contributed by atoms with Crippen LogP contribution in [0.2, 0.25) is 0 Å². The molecule has 0 N–H and O–H groups in total. The highest BCUT2D eigenvalue weighted by Gasteiger charge is 2.63. The third-order valence-corrected chi connectivity index (χ3v) is 9.08. The van der Waals surface area contributed by atoms with Crippen LogP contribution in [-0.2, 0) is 19.5 Å². The van der Waals surface area contributed by atoms with Crippen molar-refractivity contribution in [1.82, 2.24) is 4.31 Å². The van der Waals surface area contributed by atoms with Gasteiger partial charge in [-0.15, -0.1) is 0 Å². The third-order valence-electron chi connectivity index (χ3n) is 7.31. The summed E-state index contributed by atoms with van der Waals surface area (Å²) in [7, 11) is -3.76. The zero-order valence-electron chi connectivity index (χ0n) is 16.1. The van der Waals surface area contributed by atoms with Crippen LogP contribution < -0.4 is 0 Å². The Hall–Kier alpha value is -1.38. The Labute approximate surface area is 160 Å². The number of furan rings is 1. The second kappa shape index (κ2) is 6.32. The van der Waals surface area contributed by atoms with Crippen LogP contribution in [-0.4, -0.2) is 51.1 Å². The Balaban J connectivity index is 1.48. The molecule has 0 amide bonds. The van der Waals surface area contributed by atoms with Crippen LogP contribution in [0.1, 0.15) is 50.6 Å². The standard InChI is InChI=1S/C19H27NO6S/c1-18(2)13-6-7-19(18,3)15(12-13)26-17(21)14-4-5-16(25-14)27(22,23)20-8-10-24-11-9-20/h4-5,13,15H,6-12H2,1-3H3/t13-,15-,19-/m0/s1. The molecule has 7 nitrogen and oxygen atoms in total. The van der Waals surface area contributed by atoms with Crippen molar-refractivity contribution in [2.75, 3.05) is 26.3 Å². The molecule has 4 rings (SSSR count). The maximum Gasteiger partial charge on any atom is 0.374 e. The quantitative estimate of drug-likeness (QED) is 0.726. The first-order valence-electron chi connectivity index (χ1n) is 9.55. The van der Waals surface area contributed by atoms with E-state index in [0.29, 0.717) is 19.1 Å². The topological polar surface area (TPSA) is 86.1 Å². The van der Waals surface area contributed by atoms with Crippen molar-refractivity contribution in [3.8, 4) is 0 Å². The van der Waals surface area contributed by atoms with Crippen molar-refractivity contribution >= 4 is 16.0 Å². The molecule has 2 aliphatic carbocycles. The molecular formula is C19H27NO6S. The van der Waals surface area contributed by atoms with Crippen LogP contribution >= 0.6 is 0 Å². The van der Waals surface area contributed by atoms with Gasteiger partial charge in [0.1, 0.15) is 6.10 Å². The number of sulfonamides is 1. The fraction of sp³-hybridized carbons (Fsp3) is 0.737. The highest BCUT2D eigenvalue weighted by molar-refractivity contribution is 7.89. The monoisotopic (exact) mass is 397 g/mol. The van der Waals surface area contributed by atoms with E-state index in [-0.39, 0.29) is 40.9 Å². The number of nitrogens with zero attached hydrogens (tertiary/aromatic N) is 1. The van der Waals surface area contributed by atoms with Gasteiger partial charge in [0.25, 0.3) is 10.0 Å². The molecule has 2 bridgehead atoms. The van der Waals surface area contributed by atoms with Crippen molar-refractivity contribution < 1.29 is 27.1 Å². The van der Waals surface area contributed by atoms with E-state index >= 15 is 0 Å². The summed E-state index contributed by atoms with van der Waals surface area (Å²) in [5.41, 5.74) is 0.0779. The van der Waals surface area contributed by atoms with E-state index in [1.54, 1.807) is 0 Å². The number of ether oxygens (including phenoxy) is 2. The molecule has 1 aromatic heterocycles. The van der Waals surface area contributed by atoms with Crippen LogP contribution in [0.4, 0.5) is 0 Å². The van der Waals surface area contributed by atoms with E-state index in [0.717, 1.165) is 12.8 Å². The minimum absolute atomic E-state index is 0.0529. The number of hydrogen-bond acceptors (Lipinski definition) is 6. The Bertz CT molecular complexity index is 838. The average molecular weight is 397 g/mol. The van der Waals surface area contributed by atoms with Gasteiger partial charge in [-0.2, -0.15) is 4.31 Å². The molecule has 27 heavy (non-hydrogen) atoms. The van der Waals surface area contributed by atoms with Crippen LogP contribution in [0.15, 0.2) is 21.6 Å². The Morgan fingerprint density at radius 1 is 1.22 bits per heavy atom. The van der Waals surface area contributed by atoms with Crippen LogP contribution in [0.3, 0.4) is 0 Å². The van der Waals surface area contributed by atoms with Gasteiger partial charge in [0.2, 0.25) is 10.9 Å². The van der Waals surface area contributed by atoms with Gasteiger partial charge in [0, 0.05) is 18.5 Å². The summed E-state index contributed by atoms with van der Waals surface area (Å²) >= 11 is 0. The highest BCUT2D eigenvalue weighted by atomic mass is 32.2. The first-order chi connectivity index (χ1) is 12.7. The number of carbonyl (C=O) groups excluding carboxylic acids is 1. The molecule has 3 atom stereocenters. The van der Waals surface area contributed by atoms with Gasteiger partial charge in [-0.3, -0.25) is 0 Å². The molecule has 0 aromatic carbocycles. The van der Waals surface area contributed by atoms with Gasteiger partial charge in [-0.25, -0.2) is 13.2 Å². The molecule has 1 saturated heterocycles. The molecular weight excluding hydrogens is 370 g/mol. The van der Waals surface area contributed by atoms with E-state index in [2.05, 4.69) is 20.8 Å². The normalized spacial score (nSPS) is 33.3. The summed E-state index contributed by atoms with van der Waals surface area (Å²) in [5, 5.41) is -0.226. The Kier molecular flexibility index (Phi) is 4.44. The number of esters is 1. The van der Waals surface area contributed by atoms with Gasteiger partial charge in [-0.05, 0) is 42.7 Å². The lowest BCUT2D eigenvalue weighted by atomic mass is 9.70. The molecule has 2 saturated carbocycles. The summed E-state index contributed by atoms with van der Waals surface area (Å²) in [6.45, 7) is 7.95. The van der Waals surface area contributed by atoms with Gasteiger partial charge in [-0.1, -0.05) is 20.8 Å². The zero-order valence-corrected chi connectivity index (χ0v) is 16.9. The highest BCUT2D eigenvalue weighted by Crippen LogP contribution is 2.66. The molecule has 2 heterocycles. The molecule has 150 valence electrons. The largest absolute Gasteiger partial charge is 0.456 e. The molecule has 8 heteroatoms. The smallest absolute Gasteiger partial charge is 0.374 e. The van der Waals surface area contributed by atoms with Crippen molar-refractivity contribution in [3.63, 3.8) is 0 Å². The minimum Gasteiger partial charge on any atom is -0.456 e. The van der Waals surface area contributed by atoms with Crippen LogP contribution in [0, 0.1) is 16.7 Å². The Morgan fingerprint density at radius 3 is 2.52 bits per heavy atom. The predicted molar refractivity (Wildman–Crippen MR) is 96.7 cm³/mol. The van der Waals surface area contributed by atoms with Crippen LogP contribution in [0.5, 0.6) is 0 Å².